The monoisotopic (exact) mass is 268 g/mol. The van der Waals surface area contributed by atoms with E-state index in [9.17, 15) is 0 Å². The number of nitrogens with zero attached hydrogens (tertiary/aromatic N) is 1. The molecular weight excluding hydrogens is 252 g/mol. The Bertz CT molecular complexity index is 323. The van der Waals surface area contributed by atoms with Crippen molar-refractivity contribution < 1.29 is 0 Å². The Balaban J connectivity index is 1.99. The van der Waals surface area contributed by atoms with Crippen LogP contribution >= 0.6 is 15.9 Å². The third-order valence-corrected chi connectivity index (χ3v) is 3.45. The van der Waals surface area contributed by atoms with Crippen LogP contribution in [0.3, 0.4) is 0 Å². The molecule has 0 aliphatic carbocycles. The van der Waals surface area contributed by atoms with Gasteiger partial charge in [0, 0.05) is 30.1 Å². The summed E-state index contributed by atoms with van der Waals surface area (Å²) in [4.78, 5) is 2.53. The van der Waals surface area contributed by atoms with Crippen LogP contribution in [-0.4, -0.2) is 30.6 Å². The van der Waals surface area contributed by atoms with Crippen molar-refractivity contribution in [2.24, 2.45) is 0 Å². The molecule has 1 aromatic rings. The first-order valence-electron chi connectivity index (χ1n) is 5.49. The Morgan fingerprint density at radius 1 is 1.47 bits per heavy atom. The smallest absolute Gasteiger partial charge is 0.0348 e. The first-order valence-corrected chi connectivity index (χ1v) is 6.28. The Morgan fingerprint density at radius 3 is 2.80 bits per heavy atom. The van der Waals surface area contributed by atoms with E-state index in [1.54, 1.807) is 0 Å². The van der Waals surface area contributed by atoms with Crippen molar-refractivity contribution in [1.29, 1.82) is 0 Å². The molecule has 0 radical (unpaired) electrons. The van der Waals surface area contributed by atoms with Crippen molar-refractivity contribution in [3.05, 3.63) is 34.3 Å². The van der Waals surface area contributed by atoms with Crippen molar-refractivity contribution in [3.63, 3.8) is 0 Å². The lowest BCUT2D eigenvalue weighted by Crippen LogP contribution is -2.56. The summed E-state index contributed by atoms with van der Waals surface area (Å²) in [5.74, 6) is 0. The van der Waals surface area contributed by atoms with Crippen molar-refractivity contribution in [2.45, 2.75) is 19.5 Å². The van der Waals surface area contributed by atoms with Crippen LogP contribution in [-0.2, 0) is 6.54 Å². The molecule has 1 N–H and O–H groups in total. The van der Waals surface area contributed by atoms with E-state index in [4.69, 9.17) is 0 Å². The lowest BCUT2D eigenvalue weighted by molar-refractivity contribution is 0.145. The fourth-order valence-electron chi connectivity index (χ4n) is 1.90. The molecule has 0 bridgehead atoms. The molecular formula is C12H17BrN2. The van der Waals surface area contributed by atoms with E-state index in [1.165, 1.54) is 10.0 Å². The molecule has 1 fully saturated rings. The predicted molar refractivity (Wildman–Crippen MR) is 66.9 cm³/mol. The molecule has 1 heterocycles. The molecule has 0 amide bonds. The van der Waals surface area contributed by atoms with E-state index in [0.29, 0.717) is 0 Å². The zero-order valence-electron chi connectivity index (χ0n) is 9.04. The second-order valence-electron chi connectivity index (χ2n) is 4.01. The molecule has 2 nitrogen and oxygen atoms in total. The van der Waals surface area contributed by atoms with Crippen LogP contribution < -0.4 is 5.32 Å². The highest BCUT2D eigenvalue weighted by Gasteiger charge is 2.22. The van der Waals surface area contributed by atoms with E-state index in [2.05, 4.69) is 57.3 Å². The molecule has 15 heavy (non-hydrogen) atoms. The van der Waals surface area contributed by atoms with Crippen molar-refractivity contribution in [1.82, 2.24) is 10.2 Å². The van der Waals surface area contributed by atoms with Crippen LogP contribution in [0.15, 0.2) is 28.7 Å². The van der Waals surface area contributed by atoms with Crippen LogP contribution in [0.4, 0.5) is 0 Å². The van der Waals surface area contributed by atoms with Gasteiger partial charge in [0.25, 0.3) is 0 Å². The average Bonchev–Trinajstić information content (AvgIpc) is 2.14. The van der Waals surface area contributed by atoms with Gasteiger partial charge in [-0.15, -0.1) is 0 Å². The van der Waals surface area contributed by atoms with Crippen LogP contribution in [0, 0.1) is 0 Å². The molecule has 0 unspecified atom stereocenters. The van der Waals surface area contributed by atoms with Gasteiger partial charge in [0.2, 0.25) is 0 Å². The molecule has 1 saturated heterocycles. The zero-order valence-corrected chi connectivity index (χ0v) is 10.6. The lowest BCUT2D eigenvalue weighted by Gasteiger charge is -2.37. The van der Waals surface area contributed by atoms with E-state index in [0.717, 1.165) is 32.2 Å². The molecule has 0 saturated carbocycles. The van der Waals surface area contributed by atoms with E-state index >= 15 is 0 Å². The fraction of sp³-hybridized carbons (Fsp3) is 0.500. The molecule has 1 aliphatic heterocycles. The molecule has 2 rings (SSSR count). The largest absolute Gasteiger partial charge is 0.314 e. The maximum atomic E-state index is 3.51. The quantitative estimate of drug-likeness (QED) is 0.901. The summed E-state index contributed by atoms with van der Waals surface area (Å²) in [5, 5.41) is 3.32. The second-order valence-corrected chi connectivity index (χ2v) is 4.92. The van der Waals surface area contributed by atoms with E-state index < -0.39 is 0 Å². The van der Waals surface area contributed by atoms with Gasteiger partial charge in [-0.25, -0.2) is 0 Å². The third-order valence-electron chi connectivity index (χ3n) is 2.96. The number of benzene rings is 1. The molecule has 0 spiro atoms. The summed E-state index contributed by atoms with van der Waals surface area (Å²) in [6.07, 6.45) is 0. The first-order chi connectivity index (χ1) is 7.29. The first kappa shape index (κ1) is 11.1. The second kappa shape index (κ2) is 5.10. The minimum atomic E-state index is 0.731. The van der Waals surface area contributed by atoms with Crippen molar-refractivity contribution in [3.8, 4) is 0 Å². The van der Waals surface area contributed by atoms with Gasteiger partial charge in [-0.1, -0.05) is 35.0 Å². The summed E-state index contributed by atoms with van der Waals surface area (Å²) < 4.78 is 1.17. The standard InChI is InChI=1S/C12H17BrN2/c1-2-15(12-7-14-8-12)9-10-4-3-5-11(13)6-10/h3-6,12,14H,2,7-9H2,1H3. The lowest BCUT2D eigenvalue weighted by atomic mass is 10.1. The summed E-state index contributed by atoms with van der Waals surface area (Å²) in [5.41, 5.74) is 1.39. The highest BCUT2D eigenvalue weighted by atomic mass is 79.9. The van der Waals surface area contributed by atoms with Gasteiger partial charge in [-0.3, -0.25) is 4.90 Å². The number of likely N-dealkylation sites (N-methyl/N-ethyl adjacent to an activating group) is 1. The Kier molecular flexibility index (Phi) is 3.78. The number of hydrogen-bond acceptors (Lipinski definition) is 2. The van der Waals surface area contributed by atoms with Crippen LogP contribution in [0.25, 0.3) is 0 Å². The summed E-state index contributed by atoms with van der Waals surface area (Å²) >= 11 is 3.51. The third kappa shape index (κ3) is 2.80. The maximum Gasteiger partial charge on any atom is 0.0348 e. The molecule has 0 aromatic heterocycles. The fourth-order valence-corrected chi connectivity index (χ4v) is 2.35. The molecule has 82 valence electrons. The Hall–Kier alpha value is -0.380. The zero-order chi connectivity index (χ0) is 10.7. The number of halogens is 1. The number of hydrogen-bond donors (Lipinski definition) is 1. The van der Waals surface area contributed by atoms with Crippen molar-refractivity contribution >= 4 is 15.9 Å². The number of rotatable bonds is 4. The molecule has 0 atom stereocenters. The van der Waals surface area contributed by atoms with Gasteiger partial charge in [-0.05, 0) is 24.2 Å². The average molecular weight is 269 g/mol. The van der Waals surface area contributed by atoms with Gasteiger partial charge < -0.3 is 5.32 Å². The van der Waals surface area contributed by atoms with Gasteiger partial charge in [-0.2, -0.15) is 0 Å². The van der Waals surface area contributed by atoms with E-state index in [-0.39, 0.29) is 0 Å². The predicted octanol–water partition coefficient (Wildman–Crippen LogP) is 2.24. The maximum absolute atomic E-state index is 3.51. The van der Waals surface area contributed by atoms with E-state index in [1.807, 2.05) is 0 Å². The summed E-state index contributed by atoms with van der Waals surface area (Å²) in [7, 11) is 0. The van der Waals surface area contributed by atoms with Gasteiger partial charge in [0.15, 0.2) is 0 Å². The van der Waals surface area contributed by atoms with Crippen molar-refractivity contribution in [2.75, 3.05) is 19.6 Å². The molecule has 1 aliphatic rings. The van der Waals surface area contributed by atoms with Crippen LogP contribution in [0.2, 0.25) is 0 Å². The van der Waals surface area contributed by atoms with Crippen LogP contribution in [0.5, 0.6) is 0 Å². The highest BCUT2D eigenvalue weighted by Crippen LogP contribution is 2.15. The Morgan fingerprint density at radius 2 is 2.27 bits per heavy atom. The van der Waals surface area contributed by atoms with Crippen LogP contribution in [0.1, 0.15) is 12.5 Å². The normalized spacial score (nSPS) is 16.7. The Labute approximate surface area is 99.8 Å². The molecule has 1 aromatic carbocycles. The number of nitrogens with one attached hydrogen (secondary N) is 1. The minimum Gasteiger partial charge on any atom is -0.314 e. The van der Waals surface area contributed by atoms with Gasteiger partial charge in [0.1, 0.15) is 0 Å². The molecule has 3 heteroatoms. The highest BCUT2D eigenvalue weighted by molar-refractivity contribution is 9.10. The van der Waals surface area contributed by atoms with Gasteiger partial charge in [0.05, 0.1) is 0 Å². The summed E-state index contributed by atoms with van der Waals surface area (Å²) in [6.45, 7) is 6.70. The topological polar surface area (TPSA) is 15.3 Å². The minimum absolute atomic E-state index is 0.731. The summed E-state index contributed by atoms with van der Waals surface area (Å²) in [6, 6.07) is 9.31. The van der Waals surface area contributed by atoms with Gasteiger partial charge >= 0.3 is 0 Å². The SMILES string of the molecule is CCN(Cc1cccc(Br)c1)C1CNC1.